The van der Waals surface area contributed by atoms with Crippen LogP contribution in [0.3, 0.4) is 0 Å². The fraction of sp³-hybridized carbons (Fsp3) is 0.250. The van der Waals surface area contributed by atoms with Crippen molar-refractivity contribution in [3.8, 4) is 0 Å². The molecule has 9 nitrogen and oxygen atoms in total. The number of amides is 2. The van der Waals surface area contributed by atoms with Crippen LogP contribution < -0.4 is 5.73 Å². The number of carbonyl (C=O) groups is 3. The Balaban J connectivity index is 2.21. The molecule has 110 valence electrons. The zero-order valence-corrected chi connectivity index (χ0v) is 11.2. The maximum Gasteiger partial charge on any atom is 0.371 e. The number of hydrogen-bond donors (Lipinski definition) is 2. The number of anilines is 1. The molecular weight excluding hydrogens is 278 g/mol. The Morgan fingerprint density at radius 3 is 2.71 bits per heavy atom. The number of aromatic amines is 1. The lowest BCUT2D eigenvalue weighted by atomic mass is 10.3. The van der Waals surface area contributed by atoms with Gasteiger partial charge in [-0.25, -0.2) is 9.79 Å². The Labute approximate surface area is 119 Å². The van der Waals surface area contributed by atoms with Crippen molar-refractivity contribution in [1.82, 2.24) is 15.3 Å². The van der Waals surface area contributed by atoms with Crippen LogP contribution in [0.15, 0.2) is 17.1 Å². The molecule has 0 aromatic carbocycles. The highest BCUT2D eigenvalue weighted by molar-refractivity contribution is 6.04. The summed E-state index contributed by atoms with van der Waals surface area (Å²) in [5.74, 6) is -2.18. The number of nitrogens with two attached hydrogens (primary N) is 1. The van der Waals surface area contributed by atoms with Gasteiger partial charge in [-0.15, -0.1) is 5.06 Å². The number of nitrogens with zero attached hydrogens (tertiary/aromatic N) is 3. The van der Waals surface area contributed by atoms with E-state index in [4.69, 9.17) is 10.6 Å². The van der Waals surface area contributed by atoms with Gasteiger partial charge in [0, 0.05) is 19.1 Å². The van der Waals surface area contributed by atoms with Crippen molar-refractivity contribution in [1.29, 1.82) is 0 Å². The molecule has 21 heavy (non-hydrogen) atoms. The highest BCUT2D eigenvalue weighted by Crippen LogP contribution is 2.23. The van der Waals surface area contributed by atoms with Gasteiger partial charge >= 0.3 is 5.97 Å². The summed E-state index contributed by atoms with van der Waals surface area (Å²) in [6.45, 7) is 1.80. The molecule has 1 aliphatic rings. The number of hydrogen-bond acceptors (Lipinski definition) is 7. The minimum Gasteiger partial charge on any atom is -0.383 e. The third-order valence-corrected chi connectivity index (χ3v) is 2.63. The van der Waals surface area contributed by atoms with Gasteiger partial charge in [-0.2, -0.15) is 5.10 Å². The SMILES string of the molecule is C/C=C\C=Nc1n[nH]c(N)c1C(=O)ON1C(=O)CCC1=O. The van der Waals surface area contributed by atoms with E-state index in [0.717, 1.165) is 0 Å². The van der Waals surface area contributed by atoms with E-state index in [1.807, 2.05) is 0 Å². The molecule has 9 heteroatoms. The number of imide groups is 1. The number of aromatic nitrogens is 2. The molecule has 1 fully saturated rings. The number of carbonyl (C=O) groups excluding carboxylic acids is 3. The summed E-state index contributed by atoms with van der Waals surface area (Å²) in [6, 6.07) is 0. The van der Waals surface area contributed by atoms with Crippen molar-refractivity contribution in [2.75, 3.05) is 5.73 Å². The molecule has 0 radical (unpaired) electrons. The van der Waals surface area contributed by atoms with Gasteiger partial charge in [0.1, 0.15) is 11.4 Å². The van der Waals surface area contributed by atoms with Crippen LogP contribution in [-0.2, 0) is 14.4 Å². The first kappa shape index (κ1) is 14.4. The van der Waals surface area contributed by atoms with Gasteiger partial charge in [-0.1, -0.05) is 6.08 Å². The first-order valence-electron chi connectivity index (χ1n) is 6.12. The normalized spacial score (nSPS) is 15.6. The van der Waals surface area contributed by atoms with Crippen molar-refractivity contribution in [3.05, 3.63) is 17.7 Å². The van der Waals surface area contributed by atoms with Crippen LogP contribution in [0.25, 0.3) is 0 Å². The summed E-state index contributed by atoms with van der Waals surface area (Å²) in [6.07, 6.45) is 4.81. The van der Waals surface area contributed by atoms with E-state index in [2.05, 4.69) is 15.2 Å². The number of nitrogens with one attached hydrogen (secondary N) is 1. The molecule has 0 atom stereocenters. The summed E-state index contributed by atoms with van der Waals surface area (Å²) in [5.41, 5.74) is 5.46. The van der Waals surface area contributed by atoms with Gasteiger partial charge in [0.2, 0.25) is 0 Å². The molecule has 2 amide bonds. The first-order valence-corrected chi connectivity index (χ1v) is 6.12. The van der Waals surface area contributed by atoms with E-state index in [1.54, 1.807) is 19.1 Å². The smallest absolute Gasteiger partial charge is 0.371 e. The first-order chi connectivity index (χ1) is 10.0. The molecular formula is C12H13N5O4. The highest BCUT2D eigenvalue weighted by Gasteiger charge is 2.34. The lowest BCUT2D eigenvalue weighted by Crippen LogP contribution is -2.32. The molecule has 2 heterocycles. The number of allylic oxidation sites excluding steroid dienone is 2. The summed E-state index contributed by atoms with van der Waals surface area (Å²) in [7, 11) is 0. The molecule has 0 aliphatic carbocycles. The van der Waals surface area contributed by atoms with E-state index >= 15 is 0 Å². The number of hydroxylamine groups is 2. The second-order valence-corrected chi connectivity index (χ2v) is 4.10. The van der Waals surface area contributed by atoms with E-state index < -0.39 is 17.8 Å². The van der Waals surface area contributed by atoms with Gasteiger partial charge in [0.15, 0.2) is 5.82 Å². The highest BCUT2D eigenvalue weighted by atomic mass is 16.7. The van der Waals surface area contributed by atoms with E-state index in [-0.39, 0.29) is 30.0 Å². The minimum absolute atomic E-state index is 0.00898. The predicted octanol–water partition coefficient (Wildman–Crippen LogP) is 0.491. The van der Waals surface area contributed by atoms with E-state index in [1.165, 1.54) is 6.21 Å². The van der Waals surface area contributed by atoms with Crippen LogP contribution in [0.4, 0.5) is 11.6 Å². The average Bonchev–Trinajstić information content (AvgIpc) is 2.96. The fourth-order valence-corrected chi connectivity index (χ4v) is 1.63. The molecule has 1 aliphatic heterocycles. The van der Waals surface area contributed by atoms with Gasteiger partial charge < -0.3 is 10.6 Å². The Hall–Kier alpha value is -2.97. The van der Waals surface area contributed by atoms with Gasteiger partial charge in [0.05, 0.1) is 0 Å². The van der Waals surface area contributed by atoms with Gasteiger partial charge in [-0.05, 0) is 13.0 Å². The molecule has 0 bridgehead atoms. The van der Waals surface area contributed by atoms with Crippen molar-refractivity contribution in [2.45, 2.75) is 19.8 Å². The molecule has 0 unspecified atom stereocenters. The van der Waals surface area contributed by atoms with Gasteiger partial charge in [-0.3, -0.25) is 14.7 Å². The molecule has 1 saturated heterocycles. The van der Waals surface area contributed by atoms with Crippen molar-refractivity contribution in [3.63, 3.8) is 0 Å². The monoisotopic (exact) mass is 291 g/mol. The van der Waals surface area contributed by atoms with E-state index in [0.29, 0.717) is 5.06 Å². The molecule has 0 saturated carbocycles. The van der Waals surface area contributed by atoms with Crippen molar-refractivity contribution < 1.29 is 19.2 Å². The maximum absolute atomic E-state index is 12.0. The van der Waals surface area contributed by atoms with Crippen LogP contribution in [0.2, 0.25) is 0 Å². The molecule has 1 aromatic heterocycles. The molecule has 1 aromatic rings. The Kier molecular flexibility index (Phi) is 4.12. The Morgan fingerprint density at radius 2 is 2.10 bits per heavy atom. The van der Waals surface area contributed by atoms with Crippen LogP contribution in [0.5, 0.6) is 0 Å². The molecule has 2 rings (SSSR count). The Morgan fingerprint density at radius 1 is 1.43 bits per heavy atom. The summed E-state index contributed by atoms with van der Waals surface area (Å²) in [5, 5.41) is 6.58. The standard InChI is InChI=1S/C12H13N5O4/c1-2-3-6-14-11-9(10(13)15-16-11)12(20)21-17-7(18)4-5-8(17)19/h2-3,6H,4-5H2,1H3,(H3,13,15,16)/b3-2-,14-6?. The average molecular weight is 291 g/mol. The summed E-state index contributed by atoms with van der Waals surface area (Å²) >= 11 is 0. The number of nitrogen functional groups attached to an aromatic ring is 1. The number of aliphatic imine (C=N–C) groups is 1. The maximum atomic E-state index is 12.0. The van der Waals surface area contributed by atoms with Crippen LogP contribution in [0.1, 0.15) is 30.1 Å². The topological polar surface area (TPSA) is 131 Å². The molecule has 0 spiro atoms. The summed E-state index contributed by atoms with van der Waals surface area (Å²) < 4.78 is 0. The lowest BCUT2D eigenvalue weighted by molar-refractivity contribution is -0.172. The third kappa shape index (κ3) is 2.96. The number of H-pyrrole nitrogens is 1. The lowest BCUT2D eigenvalue weighted by Gasteiger charge is -2.12. The van der Waals surface area contributed by atoms with Crippen molar-refractivity contribution >= 4 is 35.6 Å². The van der Waals surface area contributed by atoms with Crippen LogP contribution in [-0.4, -0.2) is 39.3 Å². The van der Waals surface area contributed by atoms with Crippen LogP contribution in [0, 0.1) is 0 Å². The summed E-state index contributed by atoms with van der Waals surface area (Å²) in [4.78, 5) is 43.5. The second-order valence-electron chi connectivity index (χ2n) is 4.10. The molecule has 3 N–H and O–H groups in total. The van der Waals surface area contributed by atoms with Gasteiger partial charge in [0.25, 0.3) is 11.8 Å². The van der Waals surface area contributed by atoms with Crippen molar-refractivity contribution in [2.24, 2.45) is 4.99 Å². The minimum atomic E-state index is -0.975. The quantitative estimate of drug-likeness (QED) is 0.613. The third-order valence-electron chi connectivity index (χ3n) is 2.63. The Bertz CT molecular complexity index is 630. The zero-order valence-electron chi connectivity index (χ0n) is 11.2. The predicted molar refractivity (Wildman–Crippen MR) is 72.5 cm³/mol. The van der Waals surface area contributed by atoms with Crippen LogP contribution >= 0.6 is 0 Å². The second kappa shape index (κ2) is 5.99. The fourth-order valence-electron chi connectivity index (χ4n) is 1.63. The largest absolute Gasteiger partial charge is 0.383 e. The van der Waals surface area contributed by atoms with E-state index in [9.17, 15) is 14.4 Å². The number of rotatable bonds is 4. The zero-order chi connectivity index (χ0) is 15.4.